The third-order valence-corrected chi connectivity index (χ3v) is 2.80. The third-order valence-electron chi connectivity index (χ3n) is 2.80. The largest absolute Gasteiger partial charge is 0.260 e. The predicted octanol–water partition coefficient (Wildman–Crippen LogP) is 2.98. The molecule has 0 fully saturated rings. The lowest BCUT2D eigenvalue weighted by molar-refractivity contribution is 1.03. The van der Waals surface area contributed by atoms with Gasteiger partial charge >= 0.3 is 0 Å². The van der Waals surface area contributed by atoms with Gasteiger partial charge in [-0.15, -0.1) is 10.2 Å². The Balaban J connectivity index is 1.66. The van der Waals surface area contributed by atoms with E-state index in [0.29, 0.717) is 5.82 Å². The van der Waals surface area contributed by atoms with Gasteiger partial charge in [0.15, 0.2) is 5.82 Å². The van der Waals surface area contributed by atoms with Gasteiger partial charge in [0.05, 0.1) is 17.6 Å². The van der Waals surface area contributed by atoms with Gasteiger partial charge in [0.1, 0.15) is 0 Å². The Hall–Kier alpha value is -3.08. The molecule has 0 saturated heterocycles. The Morgan fingerprint density at radius 3 is 2.43 bits per heavy atom. The van der Waals surface area contributed by atoms with E-state index in [4.69, 9.17) is 0 Å². The molecule has 0 aliphatic rings. The molecule has 5 nitrogen and oxygen atoms in total. The molecule has 0 bridgehead atoms. The van der Waals surface area contributed by atoms with Gasteiger partial charge < -0.3 is 0 Å². The highest BCUT2D eigenvalue weighted by molar-refractivity contribution is 5.77. The number of rotatable bonds is 4. The first-order chi connectivity index (χ1) is 10.4. The van der Waals surface area contributed by atoms with E-state index in [2.05, 4.69) is 25.7 Å². The molecule has 3 rings (SSSR count). The van der Waals surface area contributed by atoms with Crippen molar-refractivity contribution in [1.29, 1.82) is 0 Å². The average Bonchev–Trinajstić information content (AvgIpc) is 2.57. The summed E-state index contributed by atoms with van der Waals surface area (Å²) >= 11 is 0. The molecule has 0 saturated carbocycles. The van der Waals surface area contributed by atoms with Crippen LogP contribution in [0.2, 0.25) is 0 Å². The summed E-state index contributed by atoms with van der Waals surface area (Å²) in [6.45, 7) is 0. The van der Waals surface area contributed by atoms with Crippen LogP contribution < -0.4 is 5.43 Å². The summed E-state index contributed by atoms with van der Waals surface area (Å²) in [7, 11) is 0. The molecule has 5 heteroatoms. The molecule has 2 heterocycles. The molecule has 1 aromatic carbocycles. The molecule has 0 aliphatic carbocycles. The van der Waals surface area contributed by atoms with Crippen molar-refractivity contribution in [2.75, 3.05) is 5.43 Å². The average molecular weight is 275 g/mol. The maximum absolute atomic E-state index is 4.17. The highest BCUT2D eigenvalue weighted by Gasteiger charge is 1.99. The van der Waals surface area contributed by atoms with Gasteiger partial charge in [-0.2, -0.15) is 5.10 Å². The van der Waals surface area contributed by atoms with Crippen molar-refractivity contribution in [1.82, 2.24) is 15.2 Å². The zero-order valence-electron chi connectivity index (χ0n) is 11.2. The summed E-state index contributed by atoms with van der Waals surface area (Å²) in [6.07, 6.45) is 3.35. The van der Waals surface area contributed by atoms with E-state index in [0.717, 1.165) is 17.0 Å². The van der Waals surface area contributed by atoms with Crippen LogP contribution >= 0.6 is 0 Å². The zero-order valence-corrected chi connectivity index (χ0v) is 11.2. The third kappa shape index (κ3) is 3.48. The van der Waals surface area contributed by atoms with Crippen molar-refractivity contribution in [3.63, 3.8) is 0 Å². The first-order valence-electron chi connectivity index (χ1n) is 6.51. The molecule has 0 atom stereocenters. The minimum absolute atomic E-state index is 0.585. The Morgan fingerprint density at radius 2 is 1.71 bits per heavy atom. The number of benzene rings is 1. The Kier molecular flexibility index (Phi) is 3.93. The maximum atomic E-state index is 4.17. The number of anilines is 1. The fraction of sp³-hybridized carbons (Fsp3) is 0. The minimum Gasteiger partial charge on any atom is -0.260 e. The van der Waals surface area contributed by atoms with Crippen LogP contribution in [0.15, 0.2) is 72.0 Å². The van der Waals surface area contributed by atoms with Crippen LogP contribution in [0.4, 0.5) is 5.82 Å². The van der Waals surface area contributed by atoms with E-state index in [-0.39, 0.29) is 0 Å². The van der Waals surface area contributed by atoms with Crippen molar-refractivity contribution < 1.29 is 0 Å². The first-order valence-corrected chi connectivity index (χ1v) is 6.51. The van der Waals surface area contributed by atoms with Crippen molar-refractivity contribution in [2.24, 2.45) is 5.10 Å². The van der Waals surface area contributed by atoms with E-state index in [9.17, 15) is 0 Å². The number of aromatic nitrogens is 3. The summed E-state index contributed by atoms with van der Waals surface area (Å²) in [5.41, 5.74) is 5.47. The summed E-state index contributed by atoms with van der Waals surface area (Å²) in [5.74, 6) is 0.585. The van der Waals surface area contributed by atoms with Crippen LogP contribution in [-0.2, 0) is 0 Å². The highest BCUT2D eigenvalue weighted by atomic mass is 15.3. The molecule has 102 valence electrons. The molecular formula is C16H13N5. The van der Waals surface area contributed by atoms with Gasteiger partial charge in [-0.25, -0.2) is 0 Å². The number of hydrogen-bond acceptors (Lipinski definition) is 5. The SMILES string of the molecule is C(=NNc1ccc(-c2ccccc2)nn1)c1ccccn1. The molecule has 0 unspecified atom stereocenters. The van der Waals surface area contributed by atoms with Gasteiger partial charge in [-0.1, -0.05) is 36.4 Å². The quantitative estimate of drug-likeness (QED) is 0.587. The fourth-order valence-electron chi connectivity index (χ4n) is 1.77. The first kappa shape index (κ1) is 12.9. The fourth-order valence-corrected chi connectivity index (χ4v) is 1.77. The summed E-state index contributed by atoms with van der Waals surface area (Å²) in [4.78, 5) is 4.14. The molecule has 21 heavy (non-hydrogen) atoms. The summed E-state index contributed by atoms with van der Waals surface area (Å²) < 4.78 is 0. The number of nitrogens with zero attached hydrogens (tertiary/aromatic N) is 4. The smallest absolute Gasteiger partial charge is 0.168 e. The highest BCUT2D eigenvalue weighted by Crippen LogP contribution is 2.16. The predicted molar refractivity (Wildman–Crippen MR) is 82.9 cm³/mol. The lowest BCUT2D eigenvalue weighted by atomic mass is 10.1. The van der Waals surface area contributed by atoms with Crippen molar-refractivity contribution in [2.45, 2.75) is 0 Å². The van der Waals surface area contributed by atoms with Crippen LogP contribution in [0.3, 0.4) is 0 Å². The van der Waals surface area contributed by atoms with Gasteiger partial charge in [-0.3, -0.25) is 10.4 Å². The maximum Gasteiger partial charge on any atom is 0.168 e. The molecule has 3 aromatic rings. The van der Waals surface area contributed by atoms with Crippen LogP contribution in [0.5, 0.6) is 0 Å². The molecule has 0 aliphatic heterocycles. The molecule has 0 spiro atoms. The van der Waals surface area contributed by atoms with E-state index >= 15 is 0 Å². The van der Waals surface area contributed by atoms with Gasteiger partial charge in [-0.05, 0) is 24.3 Å². The Morgan fingerprint density at radius 1 is 0.857 bits per heavy atom. The molecule has 0 amide bonds. The van der Waals surface area contributed by atoms with Gasteiger partial charge in [0.2, 0.25) is 0 Å². The standard InChI is InChI=1S/C16H13N5/c1-2-6-13(7-3-1)15-9-10-16(21-19-15)20-18-12-14-8-4-5-11-17-14/h1-12H,(H,20,21). The van der Waals surface area contributed by atoms with E-state index < -0.39 is 0 Å². The van der Waals surface area contributed by atoms with Crippen LogP contribution in [0.25, 0.3) is 11.3 Å². The zero-order chi connectivity index (χ0) is 14.3. The van der Waals surface area contributed by atoms with Crippen molar-refractivity contribution in [3.05, 3.63) is 72.6 Å². The molecule has 2 aromatic heterocycles. The van der Waals surface area contributed by atoms with E-state index in [1.807, 2.05) is 60.7 Å². The van der Waals surface area contributed by atoms with Crippen molar-refractivity contribution >= 4 is 12.0 Å². The van der Waals surface area contributed by atoms with Gasteiger partial charge in [0, 0.05) is 11.8 Å². The van der Waals surface area contributed by atoms with E-state index in [1.165, 1.54) is 0 Å². The molecular weight excluding hydrogens is 262 g/mol. The van der Waals surface area contributed by atoms with Crippen LogP contribution in [-0.4, -0.2) is 21.4 Å². The Bertz CT molecular complexity index is 709. The normalized spacial score (nSPS) is 10.7. The van der Waals surface area contributed by atoms with Gasteiger partial charge in [0.25, 0.3) is 0 Å². The minimum atomic E-state index is 0.585. The van der Waals surface area contributed by atoms with E-state index in [1.54, 1.807) is 12.4 Å². The monoisotopic (exact) mass is 275 g/mol. The topological polar surface area (TPSA) is 63.1 Å². The van der Waals surface area contributed by atoms with Crippen LogP contribution in [0, 0.1) is 0 Å². The lowest BCUT2D eigenvalue weighted by Crippen LogP contribution is -1.96. The lowest BCUT2D eigenvalue weighted by Gasteiger charge is -2.01. The second-order valence-corrected chi connectivity index (χ2v) is 4.29. The summed E-state index contributed by atoms with van der Waals surface area (Å²) in [5, 5.41) is 12.3. The second kappa shape index (κ2) is 6.38. The number of pyridine rings is 1. The molecule has 0 radical (unpaired) electrons. The van der Waals surface area contributed by atoms with Crippen molar-refractivity contribution in [3.8, 4) is 11.3 Å². The number of hydrogen-bond donors (Lipinski definition) is 1. The number of nitrogens with one attached hydrogen (secondary N) is 1. The second-order valence-electron chi connectivity index (χ2n) is 4.29. The Labute approximate surface area is 122 Å². The van der Waals surface area contributed by atoms with Crippen LogP contribution in [0.1, 0.15) is 5.69 Å². The summed E-state index contributed by atoms with van der Waals surface area (Å²) in [6, 6.07) is 19.3. The molecule has 1 N–H and O–H groups in total. The number of hydrazone groups is 1.